The van der Waals surface area contributed by atoms with E-state index in [1.165, 1.54) is 6.07 Å². The van der Waals surface area contributed by atoms with Gasteiger partial charge in [-0.05, 0) is 18.6 Å². The Morgan fingerprint density at radius 3 is 2.63 bits per heavy atom. The number of rotatable bonds is 8. The molecule has 0 bridgehead atoms. The summed E-state index contributed by atoms with van der Waals surface area (Å²) in [5.74, 6) is 0.521. The van der Waals surface area contributed by atoms with Gasteiger partial charge in [0.1, 0.15) is 17.1 Å². The van der Waals surface area contributed by atoms with Gasteiger partial charge in [-0.2, -0.15) is 0 Å². The zero-order valence-corrected chi connectivity index (χ0v) is 15.3. The van der Waals surface area contributed by atoms with Gasteiger partial charge in [0, 0.05) is 17.7 Å². The smallest absolute Gasteiger partial charge is 0.344 e. The van der Waals surface area contributed by atoms with E-state index in [4.69, 9.17) is 13.9 Å². The number of benzene rings is 2. The molecule has 0 aliphatic heterocycles. The number of hydrogen-bond acceptors (Lipinski definition) is 5. The number of carbonyl (C=O) groups excluding carboxylic acids is 1. The molecule has 0 saturated carbocycles. The highest BCUT2D eigenvalue weighted by Crippen LogP contribution is 2.24. The lowest BCUT2D eigenvalue weighted by Gasteiger charge is -2.08. The molecule has 0 unspecified atom stereocenters. The van der Waals surface area contributed by atoms with Gasteiger partial charge in [0.05, 0.1) is 12.0 Å². The number of ether oxygens (including phenoxy) is 2. The molecule has 0 N–H and O–H groups in total. The summed E-state index contributed by atoms with van der Waals surface area (Å²) in [5, 5.41) is 0.462. The average molecular weight is 366 g/mol. The summed E-state index contributed by atoms with van der Waals surface area (Å²) < 4.78 is 16.5. The Morgan fingerprint density at radius 2 is 1.85 bits per heavy atom. The standard InChI is InChI=1S/C22H22O5/c1-2-3-7-12-25-22(24)15-26-17-10-11-18-19(23)14-20(27-21(18)13-17)16-8-5-4-6-9-16/h4-6,8-11,13-14H,2-3,7,12,15H2,1H3. The van der Waals surface area contributed by atoms with Gasteiger partial charge in [-0.1, -0.05) is 50.1 Å². The van der Waals surface area contributed by atoms with E-state index < -0.39 is 5.97 Å². The molecule has 3 aromatic rings. The van der Waals surface area contributed by atoms with E-state index in [9.17, 15) is 9.59 Å². The largest absolute Gasteiger partial charge is 0.482 e. The van der Waals surface area contributed by atoms with Crippen molar-refractivity contribution in [1.29, 1.82) is 0 Å². The van der Waals surface area contributed by atoms with Gasteiger partial charge in [-0.15, -0.1) is 0 Å². The van der Waals surface area contributed by atoms with E-state index in [0.29, 0.717) is 29.1 Å². The van der Waals surface area contributed by atoms with Crippen molar-refractivity contribution >= 4 is 16.9 Å². The molecule has 0 fully saturated rings. The lowest BCUT2D eigenvalue weighted by atomic mass is 10.1. The minimum atomic E-state index is -0.411. The minimum Gasteiger partial charge on any atom is -0.482 e. The fraction of sp³-hybridized carbons (Fsp3) is 0.273. The molecule has 1 aromatic heterocycles. The third-order valence-electron chi connectivity index (χ3n) is 4.13. The van der Waals surface area contributed by atoms with Crippen molar-refractivity contribution in [2.24, 2.45) is 0 Å². The molecule has 0 amide bonds. The van der Waals surface area contributed by atoms with Gasteiger partial charge < -0.3 is 13.9 Å². The van der Waals surface area contributed by atoms with E-state index in [1.54, 1.807) is 18.2 Å². The maximum absolute atomic E-state index is 12.3. The normalized spacial score (nSPS) is 10.7. The first-order chi connectivity index (χ1) is 13.2. The van der Waals surface area contributed by atoms with Crippen LogP contribution in [0.3, 0.4) is 0 Å². The van der Waals surface area contributed by atoms with Crippen molar-refractivity contribution in [2.45, 2.75) is 26.2 Å². The Labute approximate surface area is 157 Å². The van der Waals surface area contributed by atoms with Crippen LogP contribution < -0.4 is 10.2 Å². The Balaban J connectivity index is 1.72. The van der Waals surface area contributed by atoms with Crippen LogP contribution in [0.4, 0.5) is 0 Å². The monoisotopic (exact) mass is 366 g/mol. The number of hydrogen-bond donors (Lipinski definition) is 0. The summed E-state index contributed by atoms with van der Waals surface area (Å²) in [4.78, 5) is 24.1. The number of unbranched alkanes of at least 4 members (excludes halogenated alkanes) is 2. The molecular formula is C22H22O5. The van der Waals surface area contributed by atoms with Crippen LogP contribution in [0.2, 0.25) is 0 Å². The molecule has 140 valence electrons. The fourth-order valence-electron chi connectivity index (χ4n) is 2.69. The van der Waals surface area contributed by atoms with Crippen LogP contribution in [-0.2, 0) is 9.53 Å². The second kappa shape index (κ2) is 9.03. The Morgan fingerprint density at radius 1 is 1.04 bits per heavy atom. The van der Waals surface area contributed by atoms with E-state index in [0.717, 1.165) is 24.8 Å². The van der Waals surface area contributed by atoms with Crippen LogP contribution in [0.15, 0.2) is 63.8 Å². The molecule has 0 saturated heterocycles. The van der Waals surface area contributed by atoms with E-state index in [-0.39, 0.29) is 12.0 Å². The molecule has 0 radical (unpaired) electrons. The molecule has 1 heterocycles. The molecule has 0 aliphatic rings. The molecule has 27 heavy (non-hydrogen) atoms. The SMILES string of the molecule is CCCCCOC(=O)COc1ccc2c(=O)cc(-c3ccccc3)oc2c1. The molecule has 5 nitrogen and oxygen atoms in total. The highest BCUT2D eigenvalue weighted by Gasteiger charge is 2.09. The summed E-state index contributed by atoms with van der Waals surface area (Å²) >= 11 is 0. The fourth-order valence-corrected chi connectivity index (χ4v) is 2.69. The quantitative estimate of drug-likeness (QED) is 0.431. The average Bonchev–Trinajstić information content (AvgIpc) is 2.70. The van der Waals surface area contributed by atoms with Crippen molar-refractivity contribution in [3.63, 3.8) is 0 Å². The van der Waals surface area contributed by atoms with Gasteiger partial charge in [0.15, 0.2) is 12.0 Å². The van der Waals surface area contributed by atoms with Crippen molar-refractivity contribution in [3.05, 3.63) is 64.8 Å². The second-order valence-corrected chi connectivity index (χ2v) is 6.22. The zero-order valence-electron chi connectivity index (χ0n) is 15.3. The van der Waals surface area contributed by atoms with Crippen LogP contribution in [-0.4, -0.2) is 19.2 Å². The van der Waals surface area contributed by atoms with Crippen molar-refractivity contribution in [3.8, 4) is 17.1 Å². The van der Waals surface area contributed by atoms with Gasteiger partial charge in [0.25, 0.3) is 0 Å². The number of carbonyl (C=O) groups is 1. The van der Waals surface area contributed by atoms with Gasteiger partial charge in [-0.25, -0.2) is 4.79 Å². The summed E-state index contributed by atoms with van der Waals surface area (Å²) in [7, 11) is 0. The minimum absolute atomic E-state index is 0.128. The summed E-state index contributed by atoms with van der Waals surface area (Å²) in [6, 6.07) is 15.8. The van der Waals surface area contributed by atoms with Crippen molar-refractivity contribution < 1.29 is 18.7 Å². The van der Waals surface area contributed by atoms with Gasteiger partial charge in [-0.3, -0.25) is 4.79 Å². The summed E-state index contributed by atoms with van der Waals surface area (Å²) in [5.41, 5.74) is 1.10. The molecule has 0 aliphatic carbocycles. The first-order valence-electron chi connectivity index (χ1n) is 9.09. The Bertz CT molecular complexity index is 959. The molecule has 0 spiro atoms. The number of esters is 1. The second-order valence-electron chi connectivity index (χ2n) is 6.22. The van der Waals surface area contributed by atoms with E-state index in [2.05, 4.69) is 6.92 Å². The van der Waals surface area contributed by atoms with Crippen LogP contribution >= 0.6 is 0 Å². The van der Waals surface area contributed by atoms with Gasteiger partial charge >= 0.3 is 5.97 Å². The number of fused-ring (bicyclic) bond motifs is 1. The Hall–Kier alpha value is -3.08. The molecule has 3 rings (SSSR count). The maximum Gasteiger partial charge on any atom is 0.344 e. The summed E-state index contributed by atoms with van der Waals surface area (Å²) in [6.45, 7) is 2.32. The highest BCUT2D eigenvalue weighted by atomic mass is 16.6. The first-order valence-corrected chi connectivity index (χ1v) is 9.09. The highest BCUT2D eigenvalue weighted by molar-refractivity contribution is 5.80. The first kappa shape index (κ1) is 18.7. The van der Waals surface area contributed by atoms with Crippen molar-refractivity contribution in [1.82, 2.24) is 0 Å². The van der Waals surface area contributed by atoms with E-state index >= 15 is 0 Å². The zero-order chi connectivity index (χ0) is 19.1. The van der Waals surface area contributed by atoms with Crippen LogP contribution in [0.5, 0.6) is 5.75 Å². The van der Waals surface area contributed by atoms with Crippen molar-refractivity contribution in [2.75, 3.05) is 13.2 Å². The Kier molecular flexibility index (Phi) is 6.26. The van der Waals surface area contributed by atoms with Crippen LogP contribution in [0.25, 0.3) is 22.3 Å². The lowest BCUT2D eigenvalue weighted by Crippen LogP contribution is -2.15. The summed E-state index contributed by atoms with van der Waals surface area (Å²) in [6.07, 6.45) is 2.95. The molecule has 2 aromatic carbocycles. The predicted molar refractivity (Wildman–Crippen MR) is 104 cm³/mol. The topological polar surface area (TPSA) is 65.7 Å². The molecule has 0 atom stereocenters. The third-order valence-corrected chi connectivity index (χ3v) is 4.13. The lowest BCUT2D eigenvalue weighted by molar-refractivity contribution is -0.146. The van der Waals surface area contributed by atoms with Crippen LogP contribution in [0, 0.1) is 0 Å². The maximum atomic E-state index is 12.3. The third kappa shape index (κ3) is 4.97. The van der Waals surface area contributed by atoms with Crippen LogP contribution in [0.1, 0.15) is 26.2 Å². The molecular weight excluding hydrogens is 344 g/mol. The predicted octanol–water partition coefficient (Wildman–Crippen LogP) is 4.57. The van der Waals surface area contributed by atoms with Gasteiger partial charge in [0.2, 0.25) is 0 Å². The van der Waals surface area contributed by atoms with E-state index in [1.807, 2.05) is 30.3 Å². The molecule has 5 heteroatoms.